The van der Waals surface area contributed by atoms with Crippen molar-refractivity contribution in [2.24, 2.45) is 0 Å². The van der Waals surface area contributed by atoms with Crippen molar-refractivity contribution in [2.75, 3.05) is 6.54 Å². The Hall–Kier alpha value is -1.22. The van der Waals surface area contributed by atoms with E-state index in [2.05, 4.69) is 21.2 Å². The number of thiophene rings is 1. The highest BCUT2D eigenvalue weighted by Gasteiger charge is 2.37. The molecule has 8 heteroatoms. The number of sulfonamides is 1. The molecule has 1 aliphatic rings. The molecule has 1 saturated heterocycles. The topological polar surface area (TPSA) is 66.5 Å². The molecular weight excluding hydrogens is 436 g/mol. The molecule has 26 heavy (non-hydrogen) atoms. The minimum absolute atomic E-state index is 0.171. The molecule has 3 rings (SSSR count). The van der Waals surface area contributed by atoms with E-state index in [1.165, 1.54) is 15.6 Å². The Bertz CT molecular complexity index is 878. The summed E-state index contributed by atoms with van der Waals surface area (Å²) in [5.41, 5.74) is 0.849. The van der Waals surface area contributed by atoms with Crippen molar-refractivity contribution in [3.8, 4) is 0 Å². The molecule has 1 fully saturated rings. The standard InChI is InChI=1S/C18H21BrN2O3S2/c1-13-5-10-17(25-13)26(23,24)21(12-14-6-8-15(19)9-7-14)16-4-2-3-11-20-18(16)22/h5-10,16H,2-4,11-12H2,1H3,(H,20,22). The number of nitrogens with one attached hydrogen (secondary N) is 1. The molecule has 0 saturated carbocycles. The molecule has 5 nitrogen and oxygen atoms in total. The van der Waals surface area contributed by atoms with Crippen molar-refractivity contribution in [1.29, 1.82) is 0 Å². The number of hydrogen-bond donors (Lipinski definition) is 1. The fourth-order valence-corrected chi connectivity index (χ4v) is 6.28. The molecule has 2 aromatic rings. The van der Waals surface area contributed by atoms with Crippen LogP contribution >= 0.6 is 27.3 Å². The van der Waals surface area contributed by atoms with E-state index in [9.17, 15) is 13.2 Å². The minimum atomic E-state index is -3.76. The Kier molecular flexibility index (Phi) is 6.17. The lowest BCUT2D eigenvalue weighted by molar-refractivity contribution is -0.124. The van der Waals surface area contributed by atoms with Gasteiger partial charge in [0.25, 0.3) is 10.0 Å². The highest BCUT2D eigenvalue weighted by molar-refractivity contribution is 9.10. The molecule has 2 heterocycles. The fraction of sp³-hybridized carbons (Fsp3) is 0.389. The normalized spacial score (nSPS) is 18.6. The Morgan fingerprint density at radius 1 is 1.19 bits per heavy atom. The van der Waals surface area contributed by atoms with Crippen LogP contribution in [0.4, 0.5) is 0 Å². The molecule has 1 aromatic carbocycles. The van der Waals surface area contributed by atoms with Gasteiger partial charge in [-0.2, -0.15) is 4.31 Å². The number of benzene rings is 1. The average molecular weight is 457 g/mol. The SMILES string of the molecule is Cc1ccc(S(=O)(=O)N(Cc2ccc(Br)cc2)C2CCCCNC2=O)s1. The number of carbonyl (C=O) groups excluding carboxylic acids is 1. The quantitative estimate of drug-likeness (QED) is 0.745. The van der Waals surface area contributed by atoms with Crippen LogP contribution in [-0.2, 0) is 21.4 Å². The van der Waals surface area contributed by atoms with Crippen LogP contribution in [0.1, 0.15) is 29.7 Å². The van der Waals surface area contributed by atoms with Gasteiger partial charge in [-0.1, -0.05) is 28.1 Å². The Labute approximate surface area is 166 Å². The van der Waals surface area contributed by atoms with Gasteiger partial charge in [-0.15, -0.1) is 11.3 Å². The van der Waals surface area contributed by atoms with Gasteiger partial charge in [-0.05, 0) is 56.0 Å². The minimum Gasteiger partial charge on any atom is -0.355 e. The summed E-state index contributed by atoms with van der Waals surface area (Å²) in [6.45, 7) is 2.64. The third-order valence-electron chi connectivity index (χ3n) is 4.38. The van der Waals surface area contributed by atoms with Crippen LogP contribution in [0, 0.1) is 6.92 Å². The van der Waals surface area contributed by atoms with E-state index in [4.69, 9.17) is 0 Å². The largest absolute Gasteiger partial charge is 0.355 e. The number of hydrogen-bond acceptors (Lipinski definition) is 4. The van der Waals surface area contributed by atoms with Gasteiger partial charge in [-0.25, -0.2) is 8.42 Å². The maximum absolute atomic E-state index is 13.3. The van der Waals surface area contributed by atoms with Crippen molar-refractivity contribution in [2.45, 2.75) is 43.0 Å². The van der Waals surface area contributed by atoms with Gasteiger partial charge in [-0.3, -0.25) is 4.79 Å². The third-order valence-corrected chi connectivity index (χ3v) is 8.24. The molecule has 1 amide bonds. The highest BCUT2D eigenvalue weighted by Crippen LogP contribution is 2.29. The van der Waals surface area contributed by atoms with Crippen molar-refractivity contribution in [3.63, 3.8) is 0 Å². The van der Waals surface area contributed by atoms with Gasteiger partial charge in [0.1, 0.15) is 10.3 Å². The van der Waals surface area contributed by atoms with Gasteiger partial charge in [0, 0.05) is 22.4 Å². The van der Waals surface area contributed by atoms with Crippen LogP contribution in [-0.4, -0.2) is 31.2 Å². The van der Waals surface area contributed by atoms with Crippen LogP contribution in [0.3, 0.4) is 0 Å². The summed E-state index contributed by atoms with van der Waals surface area (Å²) in [5.74, 6) is -0.212. The molecule has 1 atom stereocenters. The summed E-state index contributed by atoms with van der Waals surface area (Å²) in [6, 6.07) is 10.2. The summed E-state index contributed by atoms with van der Waals surface area (Å²) >= 11 is 4.63. The summed E-state index contributed by atoms with van der Waals surface area (Å²) in [4.78, 5) is 13.5. The lowest BCUT2D eigenvalue weighted by atomic mass is 10.1. The zero-order valence-electron chi connectivity index (χ0n) is 14.4. The smallest absolute Gasteiger partial charge is 0.253 e. The van der Waals surface area contributed by atoms with E-state index in [0.29, 0.717) is 13.0 Å². The van der Waals surface area contributed by atoms with Crippen molar-refractivity contribution in [3.05, 3.63) is 51.3 Å². The first-order chi connectivity index (χ1) is 12.4. The lowest BCUT2D eigenvalue weighted by Crippen LogP contribution is -2.48. The molecule has 0 spiro atoms. The monoisotopic (exact) mass is 456 g/mol. The van der Waals surface area contributed by atoms with E-state index in [1.807, 2.05) is 31.2 Å². The summed E-state index contributed by atoms with van der Waals surface area (Å²) in [5, 5.41) is 2.85. The Morgan fingerprint density at radius 2 is 1.92 bits per heavy atom. The molecule has 0 bridgehead atoms. The fourth-order valence-electron chi connectivity index (χ4n) is 3.00. The van der Waals surface area contributed by atoms with Crippen molar-refractivity contribution >= 4 is 43.2 Å². The number of nitrogens with zero attached hydrogens (tertiary/aromatic N) is 1. The number of rotatable bonds is 5. The Balaban J connectivity index is 2.00. The number of aryl methyl sites for hydroxylation is 1. The second-order valence-corrected chi connectivity index (χ2v) is 10.7. The number of amides is 1. The summed E-state index contributed by atoms with van der Waals surface area (Å²) in [6.07, 6.45) is 2.22. The zero-order valence-corrected chi connectivity index (χ0v) is 17.7. The molecule has 1 aromatic heterocycles. The van der Waals surface area contributed by atoms with Crippen molar-refractivity contribution < 1.29 is 13.2 Å². The second-order valence-electron chi connectivity index (χ2n) is 6.34. The van der Waals surface area contributed by atoms with Crippen LogP contribution in [0.25, 0.3) is 0 Å². The zero-order chi connectivity index (χ0) is 18.7. The van der Waals surface area contributed by atoms with E-state index in [0.717, 1.165) is 27.8 Å². The maximum atomic E-state index is 13.3. The van der Waals surface area contributed by atoms with E-state index in [-0.39, 0.29) is 16.7 Å². The molecule has 1 N–H and O–H groups in total. The molecule has 0 radical (unpaired) electrons. The van der Waals surface area contributed by atoms with E-state index >= 15 is 0 Å². The second kappa shape index (κ2) is 8.21. The molecule has 1 unspecified atom stereocenters. The number of halogens is 1. The Morgan fingerprint density at radius 3 is 2.58 bits per heavy atom. The first-order valence-corrected chi connectivity index (χ1v) is 11.5. The predicted octanol–water partition coefficient (Wildman–Crippen LogP) is 3.68. The molecule has 1 aliphatic heterocycles. The molecular formula is C18H21BrN2O3S2. The van der Waals surface area contributed by atoms with Crippen molar-refractivity contribution in [1.82, 2.24) is 9.62 Å². The maximum Gasteiger partial charge on any atom is 0.253 e. The van der Waals surface area contributed by atoms with Crippen LogP contribution < -0.4 is 5.32 Å². The van der Waals surface area contributed by atoms with E-state index < -0.39 is 16.1 Å². The van der Waals surface area contributed by atoms with E-state index in [1.54, 1.807) is 12.1 Å². The molecule has 140 valence electrons. The highest BCUT2D eigenvalue weighted by atomic mass is 79.9. The average Bonchev–Trinajstić information content (AvgIpc) is 2.94. The summed E-state index contributed by atoms with van der Waals surface area (Å²) in [7, 11) is -3.76. The first-order valence-electron chi connectivity index (χ1n) is 8.48. The van der Waals surface area contributed by atoms with Gasteiger partial charge < -0.3 is 5.32 Å². The lowest BCUT2D eigenvalue weighted by Gasteiger charge is -2.28. The molecule has 0 aliphatic carbocycles. The van der Waals surface area contributed by atoms with Gasteiger partial charge in [0.2, 0.25) is 5.91 Å². The summed E-state index contributed by atoms with van der Waals surface area (Å²) < 4.78 is 29.2. The first kappa shape index (κ1) is 19.5. The number of carbonyl (C=O) groups is 1. The van der Waals surface area contributed by atoms with Gasteiger partial charge in [0.15, 0.2) is 0 Å². The van der Waals surface area contributed by atoms with Gasteiger partial charge in [0.05, 0.1) is 0 Å². The predicted molar refractivity (Wildman–Crippen MR) is 107 cm³/mol. The third kappa shape index (κ3) is 4.36. The van der Waals surface area contributed by atoms with Crippen LogP contribution in [0.5, 0.6) is 0 Å². The van der Waals surface area contributed by atoms with Crippen LogP contribution in [0.2, 0.25) is 0 Å². The van der Waals surface area contributed by atoms with Crippen LogP contribution in [0.15, 0.2) is 45.1 Å². The van der Waals surface area contributed by atoms with Gasteiger partial charge >= 0.3 is 0 Å².